The highest BCUT2D eigenvalue weighted by atomic mass is 16.5. The Morgan fingerprint density at radius 2 is 2.15 bits per heavy atom. The lowest BCUT2D eigenvalue weighted by Crippen LogP contribution is -2.41. The molecule has 1 saturated heterocycles. The fraction of sp³-hybridized carbons (Fsp3) is 0.533. The number of aromatic hydroxyl groups is 1. The maximum atomic E-state index is 12.4. The Morgan fingerprint density at radius 1 is 1.45 bits per heavy atom. The first-order valence-corrected chi connectivity index (χ1v) is 7.03. The van der Waals surface area contributed by atoms with E-state index in [4.69, 9.17) is 10.5 Å². The van der Waals surface area contributed by atoms with Gasteiger partial charge in [-0.25, -0.2) is 0 Å². The fourth-order valence-electron chi connectivity index (χ4n) is 2.49. The molecule has 1 amide bonds. The Balaban J connectivity index is 1.96. The highest BCUT2D eigenvalue weighted by molar-refractivity contribution is 5.96. The zero-order valence-electron chi connectivity index (χ0n) is 11.8. The molecule has 0 atom stereocenters. The van der Waals surface area contributed by atoms with Gasteiger partial charge in [0.1, 0.15) is 5.75 Å². The largest absolute Gasteiger partial charge is 0.508 e. The molecule has 1 aromatic rings. The second kappa shape index (κ2) is 6.72. The number of amides is 1. The zero-order chi connectivity index (χ0) is 14.5. The molecular weight excluding hydrogens is 256 g/mol. The van der Waals surface area contributed by atoms with Gasteiger partial charge < -0.3 is 20.5 Å². The van der Waals surface area contributed by atoms with Crippen molar-refractivity contribution in [2.45, 2.75) is 25.9 Å². The van der Waals surface area contributed by atoms with Gasteiger partial charge in [0.05, 0.1) is 12.7 Å². The van der Waals surface area contributed by atoms with E-state index in [1.54, 1.807) is 25.1 Å². The third-order valence-electron chi connectivity index (χ3n) is 3.74. The molecular formula is C15H22N2O3. The molecule has 1 aliphatic rings. The summed E-state index contributed by atoms with van der Waals surface area (Å²) in [6, 6.07) is 5.06. The van der Waals surface area contributed by atoms with Crippen molar-refractivity contribution >= 4 is 5.91 Å². The highest BCUT2D eigenvalue weighted by Crippen LogP contribution is 2.23. The van der Waals surface area contributed by atoms with Crippen molar-refractivity contribution in [1.29, 1.82) is 0 Å². The zero-order valence-corrected chi connectivity index (χ0v) is 11.8. The summed E-state index contributed by atoms with van der Waals surface area (Å²) in [4.78, 5) is 14.3. The number of ether oxygens (including phenoxy) is 1. The standard InChI is InChI=1S/C15H22N2O3/c1-11-13(3-2-4-14(11)18)15(19)17-8-5-12(6-9-17)20-10-7-16/h2-4,12,18H,5-10,16H2,1H3. The van der Waals surface area contributed by atoms with Gasteiger partial charge in [-0.05, 0) is 31.9 Å². The van der Waals surface area contributed by atoms with Gasteiger partial charge in [-0.15, -0.1) is 0 Å². The monoisotopic (exact) mass is 278 g/mol. The lowest BCUT2D eigenvalue weighted by Gasteiger charge is -2.32. The number of likely N-dealkylation sites (tertiary alicyclic amines) is 1. The molecule has 1 fully saturated rings. The van der Waals surface area contributed by atoms with Crippen molar-refractivity contribution in [3.05, 3.63) is 29.3 Å². The molecule has 1 heterocycles. The number of hydrogen-bond acceptors (Lipinski definition) is 4. The number of carbonyl (C=O) groups excluding carboxylic acids is 1. The van der Waals surface area contributed by atoms with Gasteiger partial charge in [-0.2, -0.15) is 0 Å². The third kappa shape index (κ3) is 3.29. The van der Waals surface area contributed by atoms with Crippen molar-refractivity contribution in [2.24, 2.45) is 5.73 Å². The van der Waals surface area contributed by atoms with Crippen LogP contribution in [-0.4, -0.2) is 48.3 Å². The van der Waals surface area contributed by atoms with E-state index in [-0.39, 0.29) is 17.8 Å². The average Bonchev–Trinajstić information content (AvgIpc) is 2.48. The van der Waals surface area contributed by atoms with Crippen LogP contribution in [0.2, 0.25) is 0 Å². The Bertz CT molecular complexity index is 468. The summed E-state index contributed by atoms with van der Waals surface area (Å²) in [5.74, 6) is 0.146. The van der Waals surface area contributed by atoms with Crippen LogP contribution in [0.25, 0.3) is 0 Å². The summed E-state index contributed by atoms with van der Waals surface area (Å²) in [6.45, 7) is 4.23. The van der Waals surface area contributed by atoms with Crippen LogP contribution in [0.5, 0.6) is 5.75 Å². The molecule has 0 radical (unpaired) electrons. The molecule has 110 valence electrons. The predicted molar refractivity (Wildman–Crippen MR) is 76.8 cm³/mol. The minimum atomic E-state index is -0.0179. The smallest absolute Gasteiger partial charge is 0.254 e. The van der Waals surface area contributed by atoms with Crippen LogP contribution in [0, 0.1) is 6.92 Å². The molecule has 0 bridgehead atoms. The van der Waals surface area contributed by atoms with E-state index >= 15 is 0 Å². The molecule has 5 nitrogen and oxygen atoms in total. The molecule has 5 heteroatoms. The number of nitrogens with zero attached hydrogens (tertiary/aromatic N) is 1. The van der Waals surface area contributed by atoms with Crippen LogP contribution in [0.1, 0.15) is 28.8 Å². The summed E-state index contributed by atoms with van der Waals surface area (Å²) in [5.41, 5.74) is 6.63. The SMILES string of the molecule is Cc1c(O)cccc1C(=O)N1CCC(OCCN)CC1. The van der Waals surface area contributed by atoms with E-state index in [2.05, 4.69) is 0 Å². The first-order valence-electron chi connectivity index (χ1n) is 7.03. The van der Waals surface area contributed by atoms with Gasteiger partial charge in [0, 0.05) is 30.8 Å². The maximum Gasteiger partial charge on any atom is 0.254 e. The quantitative estimate of drug-likeness (QED) is 0.870. The van der Waals surface area contributed by atoms with Crippen LogP contribution >= 0.6 is 0 Å². The second-order valence-corrected chi connectivity index (χ2v) is 5.10. The van der Waals surface area contributed by atoms with Crippen LogP contribution in [0.4, 0.5) is 0 Å². The van der Waals surface area contributed by atoms with Gasteiger partial charge in [0.2, 0.25) is 0 Å². The number of piperidine rings is 1. The molecule has 3 N–H and O–H groups in total. The Kier molecular flexibility index (Phi) is 4.98. The molecule has 0 unspecified atom stereocenters. The average molecular weight is 278 g/mol. The van der Waals surface area contributed by atoms with E-state index in [9.17, 15) is 9.90 Å². The molecule has 0 aliphatic carbocycles. The van der Waals surface area contributed by atoms with Crippen LogP contribution in [0.3, 0.4) is 0 Å². The van der Waals surface area contributed by atoms with Crippen molar-refractivity contribution in [3.63, 3.8) is 0 Å². The summed E-state index contributed by atoms with van der Waals surface area (Å²) >= 11 is 0. The molecule has 0 spiro atoms. The number of hydrogen-bond donors (Lipinski definition) is 2. The van der Waals surface area contributed by atoms with E-state index in [0.29, 0.717) is 37.4 Å². The Morgan fingerprint density at radius 3 is 2.80 bits per heavy atom. The summed E-state index contributed by atoms with van der Waals surface area (Å²) < 4.78 is 5.61. The number of phenolic OH excluding ortho intramolecular Hbond substituents is 1. The highest BCUT2D eigenvalue weighted by Gasteiger charge is 2.25. The number of benzene rings is 1. The molecule has 2 rings (SSSR count). The van der Waals surface area contributed by atoms with E-state index < -0.39 is 0 Å². The Labute approximate surface area is 119 Å². The fourth-order valence-corrected chi connectivity index (χ4v) is 2.49. The molecule has 1 aliphatic heterocycles. The number of nitrogens with two attached hydrogens (primary N) is 1. The topological polar surface area (TPSA) is 75.8 Å². The summed E-state index contributed by atoms with van der Waals surface area (Å²) in [5, 5.41) is 9.68. The number of phenols is 1. The normalized spacial score (nSPS) is 16.4. The van der Waals surface area contributed by atoms with Crippen LogP contribution in [0.15, 0.2) is 18.2 Å². The van der Waals surface area contributed by atoms with Crippen LogP contribution in [-0.2, 0) is 4.74 Å². The maximum absolute atomic E-state index is 12.4. The second-order valence-electron chi connectivity index (χ2n) is 5.10. The predicted octanol–water partition coefficient (Wildman–Crippen LogP) is 1.28. The molecule has 20 heavy (non-hydrogen) atoms. The molecule has 0 saturated carbocycles. The first-order chi connectivity index (χ1) is 9.63. The van der Waals surface area contributed by atoms with Crippen LogP contribution < -0.4 is 5.73 Å². The van der Waals surface area contributed by atoms with Crippen molar-refractivity contribution < 1.29 is 14.6 Å². The van der Waals surface area contributed by atoms with Gasteiger partial charge in [-0.1, -0.05) is 6.07 Å². The lowest BCUT2D eigenvalue weighted by molar-refractivity contribution is 0.0121. The van der Waals surface area contributed by atoms with Crippen molar-refractivity contribution in [3.8, 4) is 5.75 Å². The van der Waals surface area contributed by atoms with Gasteiger partial charge in [0.15, 0.2) is 0 Å². The minimum Gasteiger partial charge on any atom is -0.508 e. The van der Waals surface area contributed by atoms with Crippen molar-refractivity contribution in [2.75, 3.05) is 26.2 Å². The third-order valence-corrected chi connectivity index (χ3v) is 3.74. The van der Waals surface area contributed by atoms with E-state index in [1.165, 1.54) is 0 Å². The summed E-state index contributed by atoms with van der Waals surface area (Å²) in [7, 11) is 0. The number of rotatable bonds is 4. The minimum absolute atomic E-state index is 0.0179. The van der Waals surface area contributed by atoms with Gasteiger partial charge >= 0.3 is 0 Å². The lowest BCUT2D eigenvalue weighted by atomic mass is 10.0. The first kappa shape index (κ1) is 14.8. The van der Waals surface area contributed by atoms with E-state index in [0.717, 1.165) is 12.8 Å². The van der Waals surface area contributed by atoms with Gasteiger partial charge in [-0.3, -0.25) is 4.79 Å². The molecule has 0 aromatic heterocycles. The van der Waals surface area contributed by atoms with Gasteiger partial charge in [0.25, 0.3) is 5.91 Å². The number of carbonyl (C=O) groups is 1. The Hall–Kier alpha value is -1.59. The summed E-state index contributed by atoms with van der Waals surface area (Å²) in [6.07, 6.45) is 1.88. The molecule has 1 aromatic carbocycles. The van der Waals surface area contributed by atoms with Crippen molar-refractivity contribution in [1.82, 2.24) is 4.90 Å². The van der Waals surface area contributed by atoms with E-state index in [1.807, 2.05) is 4.90 Å².